The monoisotopic (exact) mass is 850 g/mol. The van der Waals surface area contributed by atoms with Gasteiger partial charge < -0.3 is 34.7 Å². The first kappa shape index (κ1) is 48.2. The molecule has 1 fully saturated rings. The summed E-state index contributed by atoms with van der Waals surface area (Å²) in [7, 11) is 0. The van der Waals surface area contributed by atoms with Crippen molar-refractivity contribution in [2.75, 3.05) is 91.8 Å². The summed E-state index contributed by atoms with van der Waals surface area (Å²) in [6.45, 7) is 13.5. The van der Waals surface area contributed by atoms with E-state index < -0.39 is 41.9 Å². The third-order valence-corrected chi connectivity index (χ3v) is 10.3. The highest BCUT2D eigenvalue weighted by molar-refractivity contribution is 5.93. The third-order valence-electron chi connectivity index (χ3n) is 10.3. The number of ether oxygens (including phenoxy) is 3. The summed E-state index contributed by atoms with van der Waals surface area (Å²) < 4.78 is 17.3. The van der Waals surface area contributed by atoms with Crippen LogP contribution in [0, 0.1) is 0 Å². The topological polar surface area (TPSA) is 201 Å². The summed E-state index contributed by atoms with van der Waals surface area (Å²) >= 11 is 0. The second kappa shape index (κ2) is 24.1. The second-order valence-corrected chi connectivity index (χ2v) is 15.0. The Morgan fingerprint density at radius 1 is 0.508 bits per heavy atom. The lowest BCUT2D eigenvalue weighted by atomic mass is 10.1. The van der Waals surface area contributed by atoms with Crippen LogP contribution in [-0.2, 0) is 49.6 Å². The fraction of sp³-hybridized carbons (Fsp3) is 0.558. The molecule has 0 unspecified atom stereocenters. The van der Waals surface area contributed by atoms with Crippen LogP contribution in [0.25, 0.3) is 21.8 Å². The van der Waals surface area contributed by atoms with Crippen LogP contribution in [0.5, 0.6) is 0 Å². The Bertz CT molecular complexity index is 1930. The van der Waals surface area contributed by atoms with Gasteiger partial charge in [-0.3, -0.25) is 38.8 Å². The standard InChI is InChI=1S/C43H62N8O10/c1-7-59-41(56)30(4)44-37(52)26-47-18-20-48(27-38(53)45-31(5)42(57)60-8-2)22-24-50(25-23-49(21-19-47)28-39(54)46-32(6)43(58)61-9-3)29-51-35-16-12-10-14-33(35)40(55)34-15-11-13-17-36(34)51/h10-17,30-32H,7-9,18-29H2,1-6H3,(H,44,52)(H,45,53)(H,46,54)/t30-,31-,32+/m0/s1. The Balaban J connectivity index is 1.66. The van der Waals surface area contributed by atoms with E-state index in [0.717, 1.165) is 11.0 Å². The SMILES string of the molecule is CCOC(=O)[C@H](C)NC(=O)CN1CCN(CC(=O)N[C@@H](C)C(=O)OCC)CCN(Cn2c3ccccc3c(=O)c3ccccc32)CCN(CC(=O)N[C@H](C)C(=O)OCC)CC1. The maximum Gasteiger partial charge on any atom is 0.328 e. The van der Waals surface area contributed by atoms with E-state index in [-0.39, 0.29) is 56.7 Å². The number of hydrogen-bond donors (Lipinski definition) is 3. The van der Waals surface area contributed by atoms with Gasteiger partial charge in [0.05, 0.1) is 57.2 Å². The number of carbonyl (C=O) groups is 6. The summed E-state index contributed by atoms with van der Waals surface area (Å²) in [5.74, 6) is -2.80. The Hall–Kier alpha value is -5.43. The number of nitrogens with one attached hydrogen (secondary N) is 3. The molecular weight excluding hydrogens is 789 g/mol. The smallest absolute Gasteiger partial charge is 0.328 e. The van der Waals surface area contributed by atoms with Crippen LogP contribution in [0.4, 0.5) is 0 Å². The summed E-state index contributed by atoms with van der Waals surface area (Å²) in [6.07, 6.45) is 0. The second-order valence-electron chi connectivity index (χ2n) is 15.0. The van der Waals surface area contributed by atoms with Crippen molar-refractivity contribution in [3.63, 3.8) is 0 Å². The van der Waals surface area contributed by atoms with Crippen LogP contribution < -0.4 is 21.4 Å². The Labute approximate surface area is 356 Å². The van der Waals surface area contributed by atoms with Gasteiger partial charge in [0, 0.05) is 63.1 Å². The summed E-state index contributed by atoms with van der Waals surface area (Å²) in [4.78, 5) is 98.7. The molecule has 3 amide bonds. The average molecular weight is 851 g/mol. The molecule has 334 valence electrons. The van der Waals surface area contributed by atoms with Gasteiger partial charge in [-0.05, 0) is 65.8 Å². The molecule has 1 saturated heterocycles. The summed E-state index contributed by atoms with van der Waals surface area (Å²) in [5.41, 5.74) is 1.46. The van der Waals surface area contributed by atoms with Crippen molar-refractivity contribution < 1.29 is 43.0 Å². The first-order valence-corrected chi connectivity index (χ1v) is 21.0. The molecule has 3 atom stereocenters. The Morgan fingerprint density at radius 3 is 1.11 bits per heavy atom. The molecule has 0 saturated carbocycles. The zero-order valence-corrected chi connectivity index (χ0v) is 36.3. The fourth-order valence-corrected chi connectivity index (χ4v) is 7.07. The molecule has 61 heavy (non-hydrogen) atoms. The van der Waals surface area contributed by atoms with E-state index in [4.69, 9.17) is 14.2 Å². The maximum absolute atomic E-state index is 13.6. The number of benzene rings is 2. The predicted octanol–water partition coefficient (Wildman–Crippen LogP) is 0.537. The number of para-hydroxylation sites is 2. The first-order chi connectivity index (χ1) is 29.2. The van der Waals surface area contributed by atoms with E-state index in [9.17, 15) is 33.6 Å². The van der Waals surface area contributed by atoms with Gasteiger partial charge in [0.1, 0.15) is 18.1 Å². The van der Waals surface area contributed by atoms with Crippen molar-refractivity contribution in [3.8, 4) is 0 Å². The zero-order chi connectivity index (χ0) is 44.5. The summed E-state index contributed by atoms with van der Waals surface area (Å²) in [6, 6.07) is 12.3. The number of rotatable bonds is 17. The highest BCUT2D eigenvalue weighted by atomic mass is 16.5. The highest BCUT2D eigenvalue weighted by Gasteiger charge is 2.25. The number of nitrogens with zero attached hydrogens (tertiary/aromatic N) is 5. The molecule has 4 rings (SSSR count). The molecular formula is C43H62N8O10. The molecule has 0 radical (unpaired) electrons. The number of esters is 3. The molecule has 2 aromatic carbocycles. The van der Waals surface area contributed by atoms with Crippen molar-refractivity contribution in [2.45, 2.75) is 66.3 Å². The quantitative estimate of drug-likeness (QED) is 0.0966. The van der Waals surface area contributed by atoms with Gasteiger partial charge in [-0.15, -0.1) is 0 Å². The minimum atomic E-state index is -0.869. The normalized spacial score (nSPS) is 16.6. The number of pyridine rings is 1. The van der Waals surface area contributed by atoms with Crippen molar-refractivity contribution in [2.24, 2.45) is 0 Å². The van der Waals surface area contributed by atoms with Gasteiger partial charge in [0.2, 0.25) is 17.7 Å². The number of fused-ring (bicyclic) bond motifs is 2. The van der Waals surface area contributed by atoms with E-state index in [1.54, 1.807) is 41.5 Å². The number of hydrogen-bond acceptors (Lipinski definition) is 14. The zero-order valence-electron chi connectivity index (χ0n) is 36.3. The van der Waals surface area contributed by atoms with Gasteiger partial charge in [0.25, 0.3) is 0 Å². The van der Waals surface area contributed by atoms with E-state index >= 15 is 0 Å². The molecule has 1 aromatic heterocycles. The molecule has 3 aromatic rings. The molecule has 1 aliphatic heterocycles. The molecule has 18 nitrogen and oxygen atoms in total. The summed E-state index contributed by atoms with van der Waals surface area (Å²) in [5, 5.41) is 9.34. The minimum absolute atomic E-state index is 0.0493. The van der Waals surface area contributed by atoms with Crippen LogP contribution in [0.2, 0.25) is 0 Å². The molecule has 3 N–H and O–H groups in total. The van der Waals surface area contributed by atoms with Gasteiger partial charge in [-0.2, -0.15) is 0 Å². The van der Waals surface area contributed by atoms with E-state index in [2.05, 4.69) is 25.4 Å². The lowest BCUT2D eigenvalue weighted by Gasteiger charge is -2.34. The third kappa shape index (κ3) is 14.6. The van der Waals surface area contributed by atoms with Crippen molar-refractivity contribution in [3.05, 3.63) is 58.8 Å². The average Bonchev–Trinajstić information content (AvgIpc) is 3.23. The largest absolute Gasteiger partial charge is 0.464 e. The van der Waals surface area contributed by atoms with Crippen LogP contribution >= 0.6 is 0 Å². The first-order valence-electron chi connectivity index (χ1n) is 21.0. The van der Waals surface area contributed by atoms with E-state index in [0.29, 0.717) is 69.8 Å². The van der Waals surface area contributed by atoms with Crippen molar-refractivity contribution in [1.29, 1.82) is 0 Å². The lowest BCUT2D eigenvalue weighted by Crippen LogP contribution is -2.52. The predicted molar refractivity (Wildman–Crippen MR) is 229 cm³/mol. The Kier molecular flexibility index (Phi) is 19.1. The molecule has 0 bridgehead atoms. The highest BCUT2D eigenvalue weighted by Crippen LogP contribution is 2.20. The van der Waals surface area contributed by atoms with E-state index in [1.807, 2.05) is 63.2 Å². The lowest BCUT2D eigenvalue weighted by molar-refractivity contribution is -0.147. The van der Waals surface area contributed by atoms with Crippen LogP contribution in [0.3, 0.4) is 0 Å². The molecule has 2 heterocycles. The maximum atomic E-state index is 13.6. The molecule has 0 aliphatic carbocycles. The van der Waals surface area contributed by atoms with E-state index in [1.165, 1.54) is 0 Å². The van der Waals surface area contributed by atoms with Gasteiger partial charge >= 0.3 is 17.9 Å². The van der Waals surface area contributed by atoms with Gasteiger partial charge in [-0.25, -0.2) is 14.4 Å². The number of amides is 3. The van der Waals surface area contributed by atoms with Crippen molar-refractivity contribution in [1.82, 2.24) is 40.1 Å². The number of aromatic nitrogens is 1. The van der Waals surface area contributed by atoms with Crippen LogP contribution in [0.15, 0.2) is 53.3 Å². The van der Waals surface area contributed by atoms with Gasteiger partial charge in [0.15, 0.2) is 5.43 Å². The van der Waals surface area contributed by atoms with Crippen LogP contribution in [-0.4, -0.2) is 170 Å². The number of carbonyl (C=O) groups excluding carboxylic acids is 6. The Morgan fingerprint density at radius 2 is 0.803 bits per heavy atom. The van der Waals surface area contributed by atoms with Crippen LogP contribution in [0.1, 0.15) is 41.5 Å². The fourth-order valence-electron chi connectivity index (χ4n) is 7.07. The molecule has 0 spiro atoms. The van der Waals surface area contributed by atoms with Crippen molar-refractivity contribution >= 4 is 57.4 Å². The minimum Gasteiger partial charge on any atom is -0.464 e. The van der Waals surface area contributed by atoms with Gasteiger partial charge in [-0.1, -0.05) is 24.3 Å². The molecule has 1 aliphatic rings. The molecule has 18 heteroatoms.